The van der Waals surface area contributed by atoms with Crippen LogP contribution in [0.4, 0.5) is 0 Å². The minimum absolute atomic E-state index is 0.601. The minimum Gasteiger partial charge on any atom is -0.497 e. The molecule has 0 heterocycles. The van der Waals surface area contributed by atoms with Crippen molar-refractivity contribution in [2.75, 3.05) is 14.2 Å². The second kappa shape index (κ2) is 6.22. The van der Waals surface area contributed by atoms with Crippen LogP contribution in [0.1, 0.15) is 31.2 Å². The summed E-state index contributed by atoms with van der Waals surface area (Å²) in [6.07, 6.45) is 5.51. The molecule has 1 aromatic rings. The highest BCUT2D eigenvalue weighted by atomic mass is 32.1. The van der Waals surface area contributed by atoms with E-state index in [0.717, 1.165) is 29.2 Å². The van der Waals surface area contributed by atoms with Crippen LogP contribution in [0.25, 0.3) is 0 Å². The molecular weight excluding hydrogens is 280 g/mol. The minimum atomic E-state index is 0.601. The predicted octanol–water partition coefficient (Wildman–Crippen LogP) is 3.19. The first-order valence-electron chi connectivity index (χ1n) is 7.80. The van der Waals surface area contributed by atoms with E-state index in [2.05, 4.69) is 29.4 Å². The molecule has 3 atom stereocenters. The average Bonchev–Trinajstić information content (AvgIpc) is 3.10. The van der Waals surface area contributed by atoms with Gasteiger partial charge in [0.05, 0.1) is 7.11 Å². The summed E-state index contributed by atoms with van der Waals surface area (Å²) >= 11 is 5.57. The molecule has 2 fully saturated rings. The first-order valence-corrected chi connectivity index (χ1v) is 8.21. The van der Waals surface area contributed by atoms with Crippen molar-refractivity contribution in [3.63, 3.8) is 0 Å². The number of nitrogens with zero attached hydrogens (tertiary/aromatic N) is 1. The molecule has 2 aliphatic rings. The van der Waals surface area contributed by atoms with Gasteiger partial charge in [0.25, 0.3) is 0 Å². The number of fused-ring (bicyclic) bond motifs is 2. The van der Waals surface area contributed by atoms with Crippen LogP contribution in [0.15, 0.2) is 24.3 Å². The van der Waals surface area contributed by atoms with E-state index in [4.69, 9.17) is 17.0 Å². The maximum atomic E-state index is 5.57. The Kier molecular flexibility index (Phi) is 4.34. The Morgan fingerprint density at radius 3 is 2.90 bits per heavy atom. The Hall–Kier alpha value is -1.29. The zero-order chi connectivity index (χ0) is 14.8. The standard InChI is InChI=1S/C17H24N2OS/c1-19(11-13-4-3-5-15(9-13)20-2)17(21)18-16-10-12-6-7-14(16)8-12/h3-5,9,12,14,16H,6-8,10-11H2,1-2H3,(H,18,21)/t12-,14+,16-/m0/s1. The molecule has 0 spiro atoms. The van der Waals surface area contributed by atoms with Gasteiger partial charge in [-0.2, -0.15) is 0 Å². The highest BCUT2D eigenvalue weighted by Crippen LogP contribution is 2.44. The van der Waals surface area contributed by atoms with E-state index in [-0.39, 0.29) is 0 Å². The molecule has 0 aromatic heterocycles. The Bertz CT molecular complexity index is 519. The fourth-order valence-corrected chi connectivity index (χ4v) is 4.02. The smallest absolute Gasteiger partial charge is 0.169 e. The SMILES string of the molecule is COc1cccc(CN(C)C(=S)N[C@H]2C[C@H]3CC[C@@H]2C3)c1. The summed E-state index contributed by atoms with van der Waals surface area (Å²) in [5.74, 6) is 2.69. The summed E-state index contributed by atoms with van der Waals surface area (Å²) in [4.78, 5) is 2.12. The van der Waals surface area contributed by atoms with E-state index >= 15 is 0 Å². The van der Waals surface area contributed by atoms with Gasteiger partial charge in [0, 0.05) is 19.6 Å². The number of hydrogen-bond donors (Lipinski definition) is 1. The second-order valence-electron chi connectivity index (χ2n) is 6.44. The lowest BCUT2D eigenvalue weighted by Crippen LogP contribution is -2.44. The van der Waals surface area contributed by atoms with E-state index in [1.54, 1.807) is 7.11 Å². The van der Waals surface area contributed by atoms with Gasteiger partial charge in [-0.1, -0.05) is 18.6 Å². The number of thiocarbonyl (C=S) groups is 1. The molecular formula is C17H24N2OS. The molecule has 21 heavy (non-hydrogen) atoms. The summed E-state index contributed by atoms with van der Waals surface area (Å²) in [7, 11) is 3.76. The highest BCUT2D eigenvalue weighted by molar-refractivity contribution is 7.80. The molecule has 2 saturated carbocycles. The third-order valence-corrected chi connectivity index (χ3v) is 5.38. The van der Waals surface area contributed by atoms with Crippen LogP contribution in [-0.2, 0) is 6.54 Å². The number of rotatable bonds is 4. The first-order chi connectivity index (χ1) is 10.2. The largest absolute Gasteiger partial charge is 0.497 e. The van der Waals surface area contributed by atoms with Gasteiger partial charge in [-0.05, 0) is 61.0 Å². The van der Waals surface area contributed by atoms with Crippen molar-refractivity contribution < 1.29 is 4.74 Å². The van der Waals surface area contributed by atoms with Crippen LogP contribution in [0.5, 0.6) is 5.75 Å². The van der Waals surface area contributed by atoms with Crippen molar-refractivity contribution in [3.05, 3.63) is 29.8 Å². The Morgan fingerprint density at radius 1 is 1.38 bits per heavy atom. The molecule has 2 bridgehead atoms. The van der Waals surface area contributed by atoms with E-state index < -0.39 is 0 Å². The summed E-state index contributed by atoms with van der Waals surface area (Å²) in [5.41, 5.74) is 1.22. The molecule has 0 radical (unpaired) electrons. The lowest BCUT2D eigenvalue weighted by atomic mass is 9.95. The maximum Gasteiger partial charge on any atom is 0.169 e. The molecule has 1 aromatic carbocycles. The summed E-state index contributed by atoms with van der Waals surface area (Å²) in [5, 5.41) is 4.46. The van der Waals surface area contributed by atoms with Crippen LogP contribution in [0.3, 0.4) is 0 Å². The fraction of sp³-hybridized carbons (Fsp3) is 0.588. The fourth-order valence-electron chi connectivity index (χ4n) is 3.81. The van der Waals surface area contributed by atoms with E-state index in [9.17, 15) is 0 Å². The van der Waals surface area contributed by atoms with Crippen LogP contribution in [-0.4, -0.2) is 30.2 Å². The van der Waals surface area contributed by atoms with E-state index in [1.807, 2.05) is 12.1 Å². The van der Waals surface area contributed by atoms with Gasteiger partial charge in [-0.3, -0.25) is 0 Å². The van der Waals surface area contributed by atoms with E-state index in [1.165, 1.54) is 31.2 Å². The topological polar surface area (TPSA) is 24.5 Å². The lowest BCUT2D eigenvalue weighted by molar-refractivity contribution is 0.373. The van der Waals surface area contributed by atoms with Gasteiger partial charge in [0.15, 0.2) is 5.11 Å². The van der Waals surface area contributed by atoms with Crippen LogP contribution < -0.4 is 10.1 Å². The van der Waals surface area contributed by atoms with Gasteiger partial charge < -0.3 is 15.0 Å². The number of ether oxygens (including phenoxy) is 1. The number of methoxy groups -OCH3 is 1. The zero-order valence-corrected chi connectivity index (χ0v) is 13.7. The summed E-state index contributed by atoms with van der Waals surface area (Å²) in [6.45, 7) is 0.809. The first kappa shape index (κ1) is 14.6. The predicted molar refractivity (Wildman–Crippen MR) is 89.4 cm³/mol. The molecule has 3 rings (SSSR count). The molecule has 4 heteroatoms. The molecule has 0 aliphatic heterocycles. The average molecular weight is 304 g/mol. The molecule has 0 saturated heterocycles. The van der Waals surface area contributed by atoms with Gasteiger partial charge in [0.1, 0.15) is 5.75 Å². The highest BCUT2D eigenvalue weighted by Gasteiger charge is 2.39. The van der Waals surface area contributed by atoms with Gasteiger partial charge >= 0.3 is 0 Å². The van der Waals surface area contributed by atoms with Crippen LogP contribution in [0, 0.1) is 11.8 Å². The number of benzene rings is 1. The molecule has 0 unspecified atom stereocenters. The van der Waals surface area contributed by atoms with Crippen molar-refractivity contribution in [1.29, 1.82) is 0 Å². The van der Waals surface area contributed by atoms with Gasteiger partial charge in [-0.15, -0.1) is 0 Å². The molecule has 3 nitrogen and oxygen atoms in total. The van der Waals surface area contributed by atoms with E-state index in [0.29, 0.717) is 6.04 Å². The maximum absolute atomic E-state index is 5.57. The zero-order valence-electron chi connectivity index (χ0n) is 12.8. The number of nitrogens with one attached hydrogen (secondary N) is 1. The summed E-state index contributed by atoms with van der Waals surface area (Å²) in [6, 6.07) is 8.77. The quantitative estimate of drug-likeness (QED) is 0.864. The monoisotopic (exact) mass is 304 g/mol. The molecule has 2 aliphatic carbocycles. The Labute approximate surface area is 132 Å². The summed E-state index contributed by atoms with van der Waals surface area (Å²) < 4.78 is 5.27. The van der Waals surface area contributed by atoms with Gasteiger partial charge in [0.2, 0.25) is 0 Å². The third-order valence-electron chi connectivity index (χ3n) is 4.95. The van der Waals surface area contributed by atoms with Crippen molar-refractivity contribution >= 4 is 17.3 Å². The molecule has 0 amide bonds. The van der Waals surface area contributed by atoms with Crippen LogP contribution in [0.2, 0.25) is 0 Å². The van der Waals surface area contributed by atoms with Crippen molar-refractivity contribution in [1.82, 2.24) is 10.2 Å². The van der Waals surface area contributed by atoms with Crippen molar-refractivity contribution in [2.24, 2.45) is 11.8 Å². The lowest BCUT2D eigenvalue weighted by Gasteiger charge is -2.28. The number of hydrogen-bond acceptors (Lipinski definition) is 2. The normalized spacial score (nSPS) is 26.7. The Balaban J connectivity index is 1.54. The van der Waals surface area contributed by atoms with Crippen molar-refractivity contribution in [2.45, 2.75) is 38.3 Å². The second-order valence-corrected chi connectivity index (χ2v) is 6.83. The van der Waals surface area contributed by atoms with Crippen molar-refractivity contribution in [3.8, 4) is 5.75 Å². The molecule has 114 valence electrons. The Morgan fingerprint density at radius 2 is 2.24 bits per heavy atom. The van der Waals surface area contributed by atoms with Crippen LogP contribution >= 0.6 is 12.2 Å². The van der Waals surface area contributed by atoms with Gasteiger partial charge in [-0.25, -0.2) is 0 Å². The third kappa shape index (κ3) is 3.31. The molecule has 1 N–H and O–H groups in total.